The highest BCUT2D eigenvalue weighted by molar-refractivity contribution is 7.12. The van der Waals surface area contributed by atoms with Gasteiger partial charge in [0.2, 0.25) is 0 Å². The monoisotopic (exact) mass is 292 g/mol. The quantitative estimate of drug-likeness (QED) is 0.893. The summed E-state index contributed by atoms with van der Waals surface area (Å²) in [6.07, 6.45) is 0. The van der Waals surface area contributed by atoms with Gasteiger partial charge in [0.15, 0.2) is 0 Å². The summed E-state index contributed by atoms with van der Waals surface area (Å²) >= 11 is 7.71. The molecule has 98 valence electrons. The first-order chi connectivity index (χ1) is 9.25. The fourth-order valence-corrected chi connectivity index (χ4v) is 3.29. The van der Waals surface area contributed by atoms with Crippen LogP contribution >= 0.6 is 22.9 Å². The zero-order valence-corrected chi connectivity index (χ0v) is 11.7. The average molecular weight is 293 g/mol. The van der Waals surface area contributed by atoms with Crippen LogP contribution in [0.1, 0.15) is 26.8 Å². The summed E-state index contributed by atoms with van der Waals surface area (Å²) in [6, 6.07) is 9.47. The molecule has 3 nitrogen and oxygen atoms in total. The van der Waals surface area contributed by atoms with Crippen LogP contribution < -0.4 is 10.6 Å². The van der Waals surface area contributed by atoms with E-state index in [4.69, 9.17) is 11.6 Å². The minimum absolute atomic E-state index is 0.0467. The number of carbonyl (C=O) groups is 1. The molecule has 1 atom stereocenters. The van der Waals surface area contributed by atoms with Gasteiger partial charge in [0.1, 0.15) is 0 Å². The second kappa shape index (κ2) is 5.33. The highest BCUT2D eigenvalue weighted by atomic mass is 35.5. The Morgan fingerprint density at radius 1 is 1.37 bits per heavy atom. The summed E-state index contributed by atoms with van der Waals surface area (Å²) in [7, 11) is 0. The molecule has 5 heteroatoms. The van der Waals surface area contributed by atoms with Gasteiger partial charge >= 0.3 is 0 Å². The minimum Gasteiger partial charge on any atom is -0.343 e. The van der Waals surface area contributed by atoms with Crippen LogP contribution in [0.3, 0.4) is 0 Å². The maximum Gasteiger partial charge on any atom is 0.261 e. The molecule has 0 radical (unpaired) electrons. The fraction of sp³-hybridized carbons (Fsp3) is 0.214. The van der Waals surface area contributed by atoms with Gasteiger partial charge in [0.05, 0.1) is 10.9 Å². The lowest BCUT2D eigenvalue weighted by atomic mass is 9.96. The average Bonchev–Trinajstić information content (AvgIpc) is 2.93. The van der Waals surface area contributed by atoms with Crippen LogP contribution in [0.5, 0.6) is 0 Å². The van der Waals surface area contributed by atoms with Gasteiger partial charge in [-0.25, -0.2) is 0 Å². The lowest BCUT2D eigenvalue weighted by Gasteiger charge is -2.28. The largest absolute Gasteiger partial charge is 0.343 e. The first-order valence-corrected chi connectivity index (χ1v) is 7.34. The molecule has 1 aromatic heterocycles. The van der Waals surface area contributed by atoms with Crippen molar-refractivity contribution in [3.63, 3.8) is 0 Å². The van der Waals surface area contributed by atoms with Crippen molar-refractivity contribution in [1.29, 1.82) is 0 Å². The molecule has 1 aromatic carbocycles. The molecule has 0 bridgehead atoms. The summed E-state index contributed by atoms with van der Waals surface area (Å²) in [5.74, 6) is -0.0467. The van der Waals surface area contributed by atoms with E-state index >= 15 is 0 Å². The molecule has 1 unspecified atom stereocenters. The molecular weight excluding hydrogens is 280 g/mol. The first kappa shape index (κ1) is 12.7. The number of hydrogen-bond donors (Lipinski definition) is 2. The van der Waals surface area contributed by atoms with Crippen LogP contribution in [0, 0.1) is 0 Å². The van der Waals surface area contributed by atoms with Crippen LogP contribution in [-0.4, -0.2) is 12.5 Å². The van der Waals surface area contributed by atoms with Crippen molar-refractivity contribution < 1.29 is 4.79 Å². The van der Waals surface area contributed by atoms with Crippen molar-refractivity contribution in [2.24, 2.45) is 0 Å². The van der Waals surface area contributed by atoms with Gasteiger partial charge in [0, 0.05) is 18.1 Å². The molecule has 19 heavy (non-hydrogen) atoms. The van der Waals surface area contributed by atoms with Crippen LogP contribution in [0.4, 0.5) is 0 Å². The molecule has 1 amide bonds. The molecule has 0 saturated carbocycles. The summed E-state index contributed by atoms with van der Waals surface area (Å²) in [5, 5.41) is 8.96. The van der Waals surface area contributed by atoms with Crippen molar-refractivity contribution in [3.8, 4) is 0 Å². The standard InChI is InChI=1S/C14H13ClN2OS/c15-10-4-1-3-9-7-16-8-11(13(9)10)17-14(18)12-5-2-6-19-12/h1-6,11,16H,7-8H2,(H,17,18). The zero-order valence-electron chi connectivity index (χ0n) is 10.2. The van der Waals surface area contributed by atoms with Crippen molar-refractivity contribution in [3.05, 3.63) is 56.7 Å². The van der Waals surface area contributed by atoms with E-state index in [9.17, 15) is 4.79 Å². The molecule has 1 aliphatic heterocycles. The van der Waals surface area contributed by atoms with Gasteiger partial charge in [-0.15, -0.1) is 11.3 Å². The maximum atomic E-state index is 12.1. The number of hydrogen-bond acceptors (Lipinski definition) is 3. The number of benzene rings is 1. The Morgan fingerprint density at radius 2 is 2.26 bits per heavy atom. The highest BCUT2D eigenvalue weighted by Crippen LogP contribution is 2.29. The third-order valence-electron chi connectivity index (χ3n) is 3.21. The summed E-state index contributed by atoms with van der Waals surface area (Å²) in [5.41, 5.74) is 2.18. The second-order valence-electron chi connectivity index (χ2n) is 4.45. The zero-order chi connectivity index (χ0) is 13.2. The molecule has 3 rings (SSSR count). The topological polar surface area (TPSA) is 41.1 Å². The molecule has 2 N–H and O–H groups in total. The lowest BCUT2D eigenvalue weighted by molar-refractivity contribution is 0.0938. The number of carbonyl (C=O) groups excluding carboxylic acids is 1. The molecule has 0 fully saturated rings. The van der Waals surface area contributed by atoms with Crippen molar-refractivity contribution in [1.82, 2.24) is 10.6 Å². The SMILES string of the molecule is O=C(NC1CNCc2cccc(Cl)c21)c1cccs1. The number of nitrogens with one attached hydrogen (secondary N) is 2. The molecule has 2 aromatic rings. The van der Waals surface area contributed by atoms with Crippen LogP contribution in [0.25, 0.3) is 0 Å². The van der Waals surface area contributed by atoms with E-state index in [1.165, 1.54) is 11.3 Å². The van der Waals surface area contributed by atoms with Crippen LogP contribution in [0.15, 0.2) is 35.7 Å². The normalized spacial score (nSPS) is 17.8. The summed E-state index contributed by atoms with van der Waals surface area (Å²) in [4.78, 5) is 12.8. The van der Waals surface area contributed by atoms with Crippen molar-refractivity contribution in [2.45, 2.75) is 12.6 Å². The van der Waals surface area contributed by atoms with Crippen molar-refractivity contribution in [2.75, 3.05) is 6.54 Å². The summed E-state index contributed by atoms with van der Waals surface area (Å²) in [6.45, 7) is 1.50. The predicted molar refractivity (Wildman–Crippen MR) is 77.7 cm³/mol. The van der Waals surface area contributed by atoms with Gasteiger partial charge in [0.25, 0.3) is 5.91 Å². The smallest absolute Gasteiger partial charge is 0.261 e. The van der Waals surface area contributed by atoms with Gasteiger partial charge < -0.3 is 10.6 Å². The molecule has 0 spiro atoms. The number of thiophene rings is 1. The Balaban J connectivity index is 1.86. The van der Waals surface area contributed by atoms with Gasteiger partial charge in [-0.2, -0.15) is 0 Å². The Bertz CT molecular complexity index is 597. The Morgan fingerprint density at radius 3 is 3.05 bits per heavy atom. The van der Waals surface area contributed by atoms with E-state index in [0.29, 0.717) is 6.54 Å². The Labute approximate surface area is 120 Å². The molecule has 2 heterocycles. The van der Waals surface area contributed by atoms with Crippen LogP contribution in [0.2, 0.25) is 5.02 Å². The number of amides is 1. The van der Waals surface area contributed by atoms with Crippen molar-refractivity contribution >= 4 is 28.8 Å². The molecule has 1 aliphatic rings. The Kier molecular flexibility index (Phi) is 3.55. The number of halogens is 1. The van der Waals surface area contributed by atoms with E-state index < -0.39 is 0 Å². The summed E-state index contributed by atoms with van der Waals surface area (Å²) < 4.78 is 0. The number of fused-ring (bicyclic) bond motifs is 1. The second-order valence-corrected chi connectivity index (χ2v) is 5.80. The minimum atomic E-state index is -0.0768. The molecule has 0 aliphatic carbocycles. The Hall–Kier alpha value is -1.36. The maximum absolute atomic E-state index is 12.1. The van der Waals surface area contributed by atoms with Crippen LogP contribution in [-0.2, 0) is 6.54 Å². The predicted octanol–water partition coefficient (Wildman–Crippen LogP) is 2.98. The highest BCUT2D eigenvalue weighted by Gasteiger charge is 2.24. The van der Waals surface area contributed by atoms with E-state index in [2.05, 4.69) is 10.6 Å². The number of rotatable bonds is 2. The molecular formula is C14H13ClN2OS. The third kappa shape index (κ3) is 2.52. The van der Waals surface area contributed by atoms with E-state index in [-0.39, 0.29) is 11.9 Å². The lowest BCUT2D eigenvalue weighted by Crippen LogP contribution is -2.39. The van der Waals surface area contributed by atoms with E-state index in [1.807, 2.05) is 35.7 Å². The van der Waals surface area contributed by atoms with E-state index in [1.54, 1.807) is 0 Å². The fourth-order valence-electron chi connectivity index (χ4n) is 2.34. The third-order valence-corrected chi connectivity index (χ3v) is 4.40. The van der Waals surface area contributed by atoms with Gasteiger partial charge in [-0.3, -0.25) is 4.79 Å². The van der Waals surface area contributed by atoms with Gasteiger partial charge in [-0.05, 0) is 28.6 Å². The molecule has 0 saturated heterocycles. The van der Waals surface area contributed by atoms with E-state index in [0.717, 1.165) is 27.6 Å². The van der Waals surface area contributed by atoms with Gasteiger partial charge in [-0.1, -0.05) is 29.8 Å². The first-order valence-electron chi connectivity index (χ1n) is 6.08.